The van der Waals surface area contributed by atoms with E-state index in [9.17, 15) is 14.4 Å². The standard InChI is InChI=1S/C25H34N2O3.C20H25NO2.C5H9NO2.ClH/c1-25(2,3)20-7-9-21(10-8-20)30-23-12-6-18-13-17(5-11-22(18)26-23)14-27-15-19(16-27)24(28)29-4;1-20(2,3)16-6-8-17(9-7-16)23-19-11-5-15-12-14(13-22)4-10-18(15)21-19;1-8-5(7)4-2-6-3-4;/h5-6,11-13,19-21H,7-10,14-16H2,1-4H3;4-5,10-13,16-17H,6-9H2,1-3H3;4,6H,2-3H2,1H3;1H. The summed E-state index contributed by atoms with van der Waals surface area (Å²) in [5.74, 6) is 2.95. The number of pyridine rings is 2. The highest BCUT2D eigenvalue weighted by Gasteiger charge is 2.34. The number of nitrogens with one attached hydrogen (secondary N) is 1. The van der Waals surface area contributed by atoms with E-state index in [-0.39, 0.29) is 48.4 Å². The number of hydrogen-bond donors (Lipinski definition) is 1. The van der Waals surface area contributed by atoms with E-state index in [2.05, 4.69) is 85.7 Å². The number of halogens is 1. The second-order valence-corrected chi connectivity index (χ2v) is 19.6. The Morgan fingerprint density at radius 1 is 0.661 bits per heavy atom. The van der Waals surface area contributed by atoms with Gasteiger partial charge < -0.3 is 24.3 Å². The van der Waals surface area contributed by atoms with Crippen molar-refractivity contribution in [1.29, 1.82) is 0 Å². The van der Waals surface area contributed by atoms with E-state index in [1.165, 1.54) is 45.5 Å². The Morgan fingerprint density at radius 3 is 1.55 bits per heavy atom. The summed E-state index contributed by atoms with van der Waals surface area (Å²) < 4.78 is 21.6. The molecule has 4 aliphatic rings. The molecule has 2 aromatic carbocycles. The molecule has 2 aliphatic heterocycles. The highest BCUT2D eigenvalue weighted by molar-refractivity contribution is 5.87. The summed E-state index contributed by atoms with van der Waals surface area (Å²) in [6.07, 6.45) is 10.8. The normalized spacial score (nSPS) is 21.9. The van der Waals surface area contributed by atoms with Crippen LogP contribution in [0.4, 0.5) is 0 Å². The van der Waals surface area contributed by atoms with Gasteiger partial charge in [0.05, 0.1) is 37.1 Å². The lowest BCUT2D eigenvalue weighted by atomic mass is 9.72. The maximum Gasteiger partial charge on any atom is 0.311 e. The Morgan fingerprint density at radius 2 is 1.13 bits per heavy atom. The smallest absolute Gasteiger partial charge is 0.311 e. The van der Waals surface area contributed by atoms with Crippen LogP contribution in [0.2, 0.25) is 0 Å². The third kappa shape index (κ3) is 13.3. The summed E-state index contributed by atoms with van der Waals surface area (Å²) in [7, 11) is 2.87. The molecule has 11 nitrogen and oxygen atoms in total. The van der Waals surface area contributed by atoms with E-state index in [4.69, 9.17) is 19.2 Å². The average Bonchev–Trinajstić information content (AvgIpc) is 3.21. The van der Waals surface area contributed by atoms with Gasteiger partial charge in [0, 0.05) is 61.2 Å². The Balaban J connectivity index is 0.000000200. The van der Waals surface area contributed by atoms with Crippen molar-refractivity contribution in [2.45, 2.75) is 112 Å². The van der Waals surface area contributed by atoms with E-state index in [0.29, 0.717) is 22.3 Å². The fourth-order valence-corrected chi connectivity index (χ4v) is 8.91. The molecule has 0 amide bonds. The molecular weight excluding hydrogens is 804 g/mol. The second kappa shape index (κ2) is 21.8. The number of methoxy groups -OCH3 is 2. The highest BCUT2D eigenvalue weighted by atomic mass is 35.5. The molecule has 0 spiro atoms. The van der Waals surface area contributed by atoms with E-state index in [0.717, 1.165) is 104 Å². The van der Waals surface area contributed by atoms with Crippen LogP contribution >= 0.6 is 12.4 Å². The SMILES string of the molecule is CC(C)(C)C1CCC(Oc2ccc3cc(C=O)ccc3n2)CC1.COC(=O)C1CN(Cc2ccc3nc(OC4CCC(C(C)(C)C)CC4)ccc3c2)C1.COC(=O)C1CNC1.Cl. The second-order valence-electron chi connectivity index (χ2n) is 19.6. The molecule has 4 fully saturated rings. The molecule has 2 aliphatic carbocycles. The number of benzene rings is 2. The zero-order valence-corrected chi connectivity index (χ0v) is 38.9. The van der Waals surface area contributed by atoms with Crippen LogP contribution < -0.4 is 14.8 Å². The lowest BCUT2D eigenvalue weighted by molar-refractivity contribution is -0.151. The van der Waals surface area contributed by atoms with Gasteiger partial charge in [0.15, 0.2) is 0 Å². The number of nitrogens with zero attached hydrogens (tertiary/aromatic N) is 3. The van der Waals surface area contributed by atoms with Gasteiger partial charge in [-0.1, -0.05) is 47.6 Å². The molecule has 2 aromatic heterocycles. The molecule has 0 bridgehead atoms. The molecule has 1 N–H and O–H groups in total. The molecule has 0 radical (unpaired) electrons. The number of likely N-dealkylation sites (tertiary alicyclic amines) is 1. The lowest BCUT2D eigenvalue weighted by Gasteiger charge is -2.37. The van der Waals surface area contributed by atoms with E-state index < -0.39 is 0 Å². The molecule has 2 saturated carbocycles. The summed E-state index contributed by atoms with van der Waals surface area (Å²) in [5.41, 5.74) is 4.53. The van der Waals surface area contributed by atoms with Crippen LogP contribution in [0.1, 0.15) is 109 Å². The highest BCUT2D eigenvalue weighted by Crippen LogP contribution is 2.40. The number of hydrogen-bond acceptors (Lipinski definition) is 11. The molecule has 12 heteroatoms. The Labute approximate surface area is 374 Å². The zero-order valence-electron chi connectivity index (χ0n) is 38.1. The van der Waals surface area contributed by atoms with Crippen molar-refractivity contribution < 1.29 is 33.3 Å². The minimum absolute atomic E-state index is 0. The first-order chi connectivity index (χ1) is 29.1. The molecule has 338 valence electrons. The van der Waals surface area contributed by atoms with Gasteiger partial charge in [-0.3, -0.25) is 19.3 Å². The first kappa shape index (κ1) is 48.7. The molecule has 0 unspecified atom stereocenters. The van der Waals surface area contributed by atoms with Crippen LogP contribution in [0, 0.1) is 34.5 Å². The molecule has 2 saturated heterocycles. The fourth-order valence-electron chi connectivity index (χ4n) is 8.91. The first-order valence-corrected chi connectivity index (χ1v) is 22.3. The topological polar surface area (TPSA) is 129 Å². The first-order valence-electron chi connectivity index (χ1n) is 22.3. The van der Waals surface area contributed by atoms with Gasteiger partial charge in [-0.05, 0) is 122 Å². The quantitative estimate of drug-likeness (QED) is 0.128. The van der Waals surface area contributed by atoms with Gasteiger partial charge >= 0.3 is 11.9 Å². The van der Waals surface area contributed by atoms with E-state index in [1.807, 2.05) is 30.3 Å². The molecule has 0 atom stereocenters. The van der Waals surface area contributed by atoms with Crippen LogP contribution in [-0.4, -0.2) is 85.7 Å². The number of aromatic nitrogens is 2. The summed E-state index contributed by atoms with van der Waals surface area (Å²) in [5, 5.41) is 5.07. The van der Waals surface area contributed by atoms with Crippen molar-refractivity contribution in [2.75, 3.05) is 40.4 Å². The third-order valence-electron chi connectivity index (χ3n) is 13.1. The number of aldehydes is 1. The number of carbonyl (C=O) groups excluding carboxylic acids is 3. The van der Waals surface area contributed by atoms with Gasteiger partial charge in [-0.25, -0.2) is 9.97 Å². The summed E-state index contributed by atoms with van der Waals surface area (Å²) in [6.45, 7) is 18.0. The fraction of sp³-hybridized carbons (Fsp3) is 0.580. The number of carbonyl (C=O) groups is 3. The largest absolute Gasteiger partial charge is 0.474 e. The lowest BCUT2D eigenvalue weighted by Crippen LogP contribution is -2.49. The van der Waals surface area contributed by atoms with Crippen molar-refractivity contribution in [3.8, 4) is 11.8 Å². The van der Waals surface area contributed by atoms with Crippen LogP contribution in [0.3, 0.4) is 0 Å². The molecule has 62 heavy (non-hydrogen) atoms. The molecular formula is C50H69ClN4O7. The van der Waals surface area contributed by atoms with Gasteiger partial charge in [-0.15, -0.1) is 12.4 Å². The van der Waals surface area contributed by atoms with Crippen molar-refractivity contribution in [3.05, 3.63) is 71.8 Å². The van der Waals surface area contributed by atoms with Crippen LogP contribution in [0.25, 0.3) is 21.8 Å². The van der Waals surface area contributed by atoms with Crippen molar-refractivity contribution >= 4 is 52.4 Å². The summed E-state index contributed by atoms with van der Waals surface area (Å²) in [4.78, 5) is 44.5. The number of fused-ring (bicyclic) bond motifs is 2. The molecule has 8 rings (SSSR count). The minimum Gasteiger partial charge on any atom is -0.474 e. The van der Waals surface area contributed by atoms with Crippen LogP contribution in [0.5, 0.6) is 11.8 Å². The maximum absolute atomic E-state index is 11.5. The number of esters is 2. The maximum atomic E-state index is 11.5. The van der Waals surface area contributed by atoms with Gasteiger partial charge in [-0.2, -0.15) is 0 Å². The van der Waals surface area contributed by atoms with E-state index in [1.54, 1.807) is 6.07 Å². The summed E-state index contributed by atoms with van der Waals surface area (Å²) in [6, 6.07) is 19.9. The van der Waals surface area contributed by atoms with Gasteiger partial charge in [0.1, 0.15) is 18.5 Å². The molecule has 4 aromatic rings. The predicted octanol–water partition coefficient (Wildman–Crippen LogP) is 9.65. The average molecular weight is 874 g/mol. The van der Waals surface area contributed by atoms with Gasteiger partial charge in [0.25, 0.3) is 0 Å². The van der Waals surface area contributed by atoms with Gasteiger partial charge in [0.2, 0.25) is 11.8 Å². The summed E-state index contributed by atoms with van der Waals surface area (Å²) >= 11 is 0. The predicted molar refractivity (Wildman–Crippen MR) is 247 cm³/mol. The Hall–Kier alpha value is -4.32. The zero-order chi connectivity index (χ0) is 43.7. The van der Waals surface area contributed by atoms with Crippen LogP contribution in [-0.2, 0) is 25.6 Å². The number of rotatable bonds is 9. The Kier molecular flexibility index (Phi) is 17.2. The van der Waals surface area contributed by atoms with Crippen molar-refractivity contribution in [3.63, 3.8) is 0 Å². The minimum atomic E-state index is -0.103. The van der Waals surface area contributed by atoms with Crippen LogP contribution in [0.15, 0.2) is 60.7 Å². The monoisotopic (exact) mass is 872 g/mol. The van der Waals surface area contributed by atoms with Crippen molar-refractivity contribution in [1.82, 2.24) is 20.2 Å². The number of ether oxygens (including phenoxy) is 4. The third-order valence-corrected chi connectivity index (χ3v) is 13.1. The molecule has 4 heterocycles. The Bertz CT molecular complexity index is 2090. The van der Waals surface area contributed by atoms with E-state index >= 15 is 0 Å². The van der Waals surface area contributed by atoms with Crippen molar-refractivity contribution in [2.24, 2.45) is 34.5 Å².